The van der Waals surface area contributed by atoms with E-state index in [0.29, 0.717) is 19.1 Å². The van der Waals surface area contributed by atoms with Gasteiger partial charge in [-0.25, -0.2) is 4.79 Å². The van der Waals surface area contributed by atoms with E-state index in [4.69, 9.17) is 5.11 Å². The molecule has 4 heteroatoms. The second kappa shape index (κ2) is 6.54. The van der Waals surface area contributed by atoms with Crippen LogP contribution in [0.2, 0.25) is 0 Å². The quantitative estimate of drug-likeness (QED) is 0.349. The Kier molecular flexibility index (Phi) is 5.91. The van der Waals surface area contributed by atoms with Gasteiger partial charge in [0.1, 0.15) is 6.61 Å². The van der Waals surface area contributed by atoms with Gasteiger partial charge in [-0.15, -0.1) is 0 Å². The number of aliphatic hydroxyl groups excluding tert-OH is 1. The molecule has 0 aliphatic heterocycles. The van der Waals surface area contributed by atoms with E-state index in [-0.39, 0.29) is 18.8 Å². The standard InChI is InChI=1S/C8H12O4/c1-7(3-2-4-9)8(11)12-6-5-10/h5,9H,1-4,6H2. The molecule has 1 N–H and O–H groups in total. The molecule has 0 spiro atoms. The molecular weight excluding hydrogens is 160 g/mol. The molecule has 0 saturated carbocycles. The molecule has 0 heterocycles. The van der Waals surface area contributed by atoms with E-state index in [1.165, 1.54) is 0 Å². The maximum Gasteiger partial charge on any atom is 0.333 e. The van der Waals surface area contributed by atoms with Gasteiger partial charge in [-0.05, 0) is 12.8 Å². The van der Waals surface area contributed by atoms with E-state index in [1.807, 2.05) is 0 Å². The van der Waals surface area contributed by atoms with E-state index in [9.17, 15) is 9.59 Å². The summed E-state index contributed by atoms with van der Waals surface area (Å²) in [6.45, 7) is 3.22. The number of hydrogen-bond donors (Lipinski definition) is 1. The van der Waals surface area contributed by atoms with Crippen molar-refractivity contribution in [2.75, 3.05) is 13.2 Å². The molecule has 0 bridgehead atoms. The van der Waals surface area contributed by atoms with Crippen LogP contribution in [0.1, 0.15) is 12.8 Å². The van der Waals surface area contributed by atoms with Crippen LogP contribution in [0.5, 0.6) is 0 Å². The van der Waals surface area contributed by atoms with Crippen LogP contribution in [0.25, 0.3) is 0 Å². The van der Waals surface area contributed by atoms with Gasteiger partial charge in [0.05, 0.1) is 0 Å². The number of carbonyl (C=O) groups is 2. The monoisotopic (exact) mass is 172 g/mol. The highest BCUT2D eigenvalue weighted by Gasteiger charge is 2.06. The molecule has 0 saturated heterocycles. The molecule has 0 fully saturated rings. The summed E-state index contributed by atoms with van der Waals surface area (Å²) in [4.78, 5) is 20.6. The normalized spacial score (nSPS) is 9.08. The lowest BCUT2D eigenvalue weighted by Crippen LogP contribution is -2.09. The molecule has 0 rings (SSSR count). The first-order valence-corrected chi connectivity index (χ1v) is 3.61. The number of aliphatic hydroxyl groups is 1. The zero-order valence-corrected chi connectivity index (χ0v) is 6.78. The Hall–Kier alpha value is -1.16. The third kappa shape index (κ3) is 4.62. The molecule has 4 nitrogen and oxygen atoms in total. The average molecular weight is 172 g/mol. The van der Waals surface area contributed by atoms with Crippen molar-refractivity contribution in [2.24, 2.45) is 0 Å². The Balaban J connectivity index is 3.61. The Morgan fingerprint density at radius 2 is 2.25 bits per heavy atom. The lowest BCUT2D eigenvalue weighted by Gasteiger charge is -2.02. The number of hydrogen-bond acceptors (Lipinski definition) is 4. The predicted molar refractivity (Wildman–Crippen MR) is 42.5 cm³/mol. The third-order valence-electron chi connectivity index (χ3n) is 1.21. The van der Waals surface area contributed by atoms with Gasteiger partial charge in [-0.3, -0.25) is 4.79 Å². The molecule has 0 aromatic rings. The van der Waals surface area contributed by atoms with Gasteiger partial charge in [0.2, 0.25) is 0 Å². The van der Waals surface area contributed by atoms with Crippen molar-refractivity contribution in [3.63, 3.8) is 0 Å². The average Bonchev–Trinajstić information content (AvgIpc) is 2.10. The van der Waals surface area contributed by atoms with Gasteiger partial charge in [0.25, 0.3) is 0 Å². The number of rotatable bonds is 6. The van der Waals surface area contributed by atoms with E-state index in [1.54, 1.807) is 0 Å². The summed E-state index contributed by atoms with van der Waals surface area (Å²) in [7, 11) is 0. The summed E-state index contributed by atoms with van der Waals surface area (Å²) in [5, 5.41) is 8.42. The van der Waals surface area contributed by atoms with Crippen molar-refractivity contribution in [1.82, 2.24) is 0 Å². The van der Waals surface area contributed by atoms with Gasteiger partial charge in [0.15, 0.2) is 6.29 Å². The third-order valence-corrected chi connectivity index (χ3v) is 1.21. The molecule has 0 radical (unpaired) electrons. The summed E-state index contributed by atoms with van der Waals surface area (Å²) in [6.07, 6.45) is 1.38. The second-order valence-electron chi connectivity index (χ2n) is 2.20. The predicted octanol–water partition coefficient (Wildman–Crippen LogP) is 0.0572. The first-order chi connectivity index (χ1) is 5.72. The Labute approximate surface area is 70.8 Å². The summed E-state index contributed by atoms with van der Waals surface area (Å²) in [5.74, 6) is -0.574. The minimum absolute atomic E-state index is 0.0139. The van der Waals surface area contributed by atoms with E-state index < -0.39 is 5.97 Å². The van der Waals surface area contributed by atoms with Crippen LogP contribution in [0.4, 0.5) is 0 Å². The van der Waals surface area contributed by atoms with Crippen LogP contribution in [-0.2, 0) is 14.3 Å². The fraction of sp³-hybridized carbons (Fsp3) is 0.500. The molecule has 0 aromatic carbocycles. The second-order valence-corrected chi connectivity index (χ2v) is 2.20. The van der Waals surface area contributed by atoms with Crippen molar-refractivity contribution in [1.29, 1.82) is 0 Å². The topological polar surface area (TPSA) is 63.6 Å². The zero-order chi connectivity index (χ0) is 9.40. The minimum atomic E-state index is -0.574. The zero-order valence-electron chi connectivity index (χ0n) is 6.78. The Bertz CT molecular complexity index is 174. The molecule has 0 amide bonds. The SMILES string of the molecule is C=C(CCCO)C(=O)OCC=O. The highest BCUT2D eigenvalue weighted by Crippen LogP contribution is 2.03. The van der Waals surface area contributed by atoms with Crippen LogP contribution in [-0.4, -0.2) is 30.6 Å². The van der Waals surface area contributed by atoms with Crippen LogP contribution >= 0.6 is 0 Å². The first-order valence-electron chi connectivity index (χ1n) is 3.61. The highest BCUT2D eigenvalue weighted by molar-refractivity contribution is 5.88. The fourth-order valence-electron chi connectivity index (χ4n) is 0.606. The van der Waals surface area contributed by atoms with E-state index in [0.717, 1.165) is 0 Å². The van der Waals surface area contributed by atoms with Gasteiger partial charge >= 0.3 is 5.97 Å². The maximum atomic E-state index is 10.8. The van der Waals surface area contributed by atoms with Crippen LogP contribution in [0.15, 0.2) is 12.2 Å². The summed E-state index contributed by atoms with van der Waals surface area (Å²) < 4.78 is 4.46. The molecule has 12 heavy (non-hydrogen) atoms. The van der Waals surface area contributed by atoms with Crippen molar-refractivity contribution < 1.29 is 19.4 Å². The molecule has 0 aromatic heterocycles. The number of ether oxygens (including phenoxy) is 1. The minimum Gasteiger partial charge on any atom is -0.455 e. The smallest absolute Gasteiger partial charge is 0.333 e. The number of aldehydes is 1. The molecule has 0 atom stereocenters. The number of esters is 1. The van der Waals surface area contributed by atoms with Gasteiger partial charge in [-0.1, -0.05) is 6.58 Å². The van der Waals surface area contributed by atoms with Crippen molar-refractivity contribution in [3.8, 4) is 0 Å². The van der Waals surface area contributed by atoms with Gasteiger partial charge in [0, 0.05) is 12.2 Å². The molecule has 0 aliphatic carbocycles. The lowest BCUT2D eigenvalue weighted by atomic mass is 10.2. The van der Waals surface area contributed by atoms with E-state index >= 15 is 0 Å². The van der Waals surface area contributed by atoms with Gasteiger partial charge in [-0.2, -0.15) is 0 Å². The highest BCUT2D eigenvalue weighted by atomic mass is 16.5. The lowest BCUT2D eigenvalue weighted by molar-refractivity contribution is -0.141. The van der Waals surface area contributed by atoms with Crippen molar-refractivity contribution in [2.45, 2.75) is 12.8 Å². The van der Waals surface area contributed by atoms with E-state index in [2.05, 4.69) is 11.3 Å². The summed E-state index contributed by atoms with van der Waals surface area (Å²) in [6, 6.07) is 0. The molecular formula is C8H12O4. The Morgan fingerprint density at radius 1 is 1.58 bits per heavy atom. The summed E-state index contributed by atoms with van der Waals surface area (Å²) >= 11 is 0. The number of carbonyl (C=O) groups excluding carboxylic acids is 2. The molecule has 68 valence electrons. The first kappa shape index (κ1) is 10.8. The van der Waals surface area contributed by atoms with Crippen molar-refractivity contribution >= 4 is 12.3 Å². The van der Waals surface area contributed by atoms with Crippen LogP contribution < -0.4 is 0 Å². The van der Waals surface area contributed by atoms with Crippen LogP contribution in [0.3, 0.4) is 0 Å². The fourth-order valence-corrected chi connectivity index (χ4v) is 0.606. The van der Waals surface area contributed by atoms with Crippen LogP contribution in [0, 0.1) is 0 Å². The Morgan fingerprint density at radius 3 is 2.75 bits per heavy atom. The molecule has 0 unspecified atom stereocenters. The van der Waals surface area contributed by atoms with Crippen molar-refractivity contribution in [3.05, 3.63) is 12.2 Å². The largest absolute Gasteiger partial charge is 0.455 e. The van der Waals surface area contributed by atoms with Gasteiger partial charge < -0.3 is 9.84 Å². The maximum absolute atomic E-state index is 10.8. The molecule has 0 aliphatic rings. The summed E-state index contributed by atoms with van der Waals surface area (Å²) in [5.41, 5.74) is 0.283.